The maximum Gasteiger partial charge on any atom is 0.254 e. The van der Waals surface area contributed by atoms with Crippen LogP contribution in [0.1, 0.15) is 29.6 Å². The molecule has 1 amide bonds. The normalized spacial score (nSPS) is 17.1. The quantitative estimate of drug-likeness (QED) is 0.668. The van der Waals surface area contributed by atoms with Crippen molar-refractivity contribution in [2.75, 3.05) is 5.88 Å². The third-order valence-electron chi connectivity index (χ3n) is 3.22. The van der Waals surface area contributed by atoms with E-state index in [4.69, 9.17) is 11.6 Å². The van der Waals surface area contributed by atoms with E-state index in [1.807, 2.05) is 0 Å². The topological polar surface area (TPSA) is 29.1 Å². The first kappa shape index (κ1) is 13.2. The average Bonchev–Trinajstić information content (AvgIpc) is 2.31. The fourth-order valence-corrected chi connectivity index (χ4v) is 2.24. The molecule has 1 aromatic rings. The van der Waals surface area contributed by atoms with Gasteiger partial charge in [-0.25, -0.2) is 13.2 Å². The molecule has 2 nitrogen and oxygen atoms in total. The molecule has 1 saturated carbocycles. The van der Waals surface area contributed by atoms with E-state index in [0.29, 0.717) is 12.8 Å². The van der Waals surface area contributed by atoms with Crippen LogP contribution in [-0.4, -0.2) is 17.3 Å². The second-order valence-corrected chi connectivity index (χ2v) is 4.71. The molecule has 1 aromatic carbocycles. The van der Waals surface area contributed by atoms with Crippen molar-refractivity contribution in [1.82, 2.24) is 5.32 Å². The third kappa shape index (κ3) is 2.19. The fourth-order valence-electron chi connectivity index (χ4n) is 1.91. The van der Waals surface area contributed by atoms with E-state index in [9.17, 15) is 18.0 Å². The Bertz CT molecular complexity index is 483. The molecule has 1 aliphatic carbocycles. The number of hydrogen-bond acceptors (Lipinski definition) is 1. The van der Waals surface area contributed by atoms with E-state index in [2.05, 4.69) is 5.32 Å². The predicted molar refractivity (Wildman–Crippen MR) is 61.1 cm³/mol. The summed E-state index contributed by atoms with van der Waals surface area (Å²) in [7, 11) is 0. The molecule has 1 fully saturated rings. The third-order valence-corrected chi connectivity index (χ3v) is 3.74. The van der Waals surface area contributed by atoms with Crippen molar-refractivity contribution in [3.8, 4) is 0 Å². The minimum absolute atomic E-state index is 0.212. The molecule has 0 heterocycles. The van der Waals surface area contributed by atoms with Gasteiger partial charge in [-0.2, -0.15) is 0 Å². The molecule has 6 heteroatoms. The number of amides is 1. The molecule has 0 saturated heterocycles. The van der Waals surface area contributed by atoms with Crippen LogP contribution in [0.2, 0.25) is 0 Å². The molecule has 2 rings (SSSR count). The first-order chi connectivity index (χ1) is 8.49. The van der Waals surface area contributed by atoms with Crippen LogP contribution < -0.4 is 5.32 Å². The summed E-state index contributed by atoms with van der Waals surface area (Å²) < 4.78 is 39.1. The van der Waals surface area contributed by atoms with Gasteiger partial charge in [0.25, 0.3) is 5.91 Å². The molecule has 0 radical (unpaired) electrons. The average molecular weight is 278 g/mol. The lowest BCUT2D eigenvalue weighted by molar-refractivity contribution is 0.0848. The van der Waals surface area contributed by atoms with Crippen LogP contribution in [0.15, 0.2) is 12.1 Å². The molecular formula is C12H11ClF3NO. The van der Waals surface area contributed by atoms with Crippen molar-refractivity contribution < 1.29 is 18.0 Å². The van der Waals surface area contributed by atoms with Crippen LogP contribution in [0.4, 0.5) is 13.2 Å². The van der Waals surface area contributed by atoms with Gasteiger partial charge in [0.1, 0.15) is 0 Å². The van der Waals surface area contributed by atoms with Gasteiger partial charge < -0.3 is 5.32 Å². The summed E-state index contributed by atoms with van der Waals surface area (Å²) in [6, 6.07) is 1.64. The lowest BCUT2D eigenvalue weighted by Gasteiger charge is -2.41. The van der Waals surface area contributed by atoms with Crippen LogP contribution in [0.5, 0.6) is 0 Å². The molecule has 1 aliphatic rings. The number of benzene rings is 1. The zero-order valence-electron chi connectivity index (χ0n) is 9.40. The maximum absolute atomic E-state index is 13.4. The first-order valence-electron chi connectivity index (χ1n) is 5.51. The summed E-state index contributed by atoms with van der Waals surface area (Å²) in [6.45, 7) is 0. The minimum atomic E-state index is -1.64. The van der Waals surface area contributed by atoms with Crippen LogP contribution in [0, 0.1) is 17.5 Å². The van der Waals surface area contributed by atoms with Gasteiger partial charge >= 0.3 is 0 Å². The van der Waals surface area contributed by atoms with Gasteiger partial charge in [-0.3, -0.25) is 4.79 Å². The molecular weight excluding hydrogens is 267 g/mol. The van der Waals surface area contributed by atoms with Gasteiger partial charge in [0.05, 0.1) is 11.1 Å². The minimum Gasteiger partial charge on any atom is -0.345 e. The largest absolute Gasteiger partial charge is 0.345 e. The van der Waals surface area contributed by atoms with Crippen molar-refractivity contribution in [2.45, 2.75) is 24.8 Å². The molecule has 0 unspecified atom stereocenters. The first-order valence-corrected chi connectivity index (χ1v) is 6.04. The fraction of sp³-hybridized carbons (Fsp3) is 0.417. The van der Waals surface area contributed by atoms with E-state index in [-0.39, 0.29) is 5.88 Å². The molecule has 0 bridgehead atoms. The van der Waals surface area contributed by atoms with E-state index in [1.54, 1.807) is 0 Å². The van der Waals surface area contributed by atoms with Gasteiger partial charge in [-0.1, -0.05) is 0 Å². The van der Waals surface area contributed by atoms with Gasteiger partial charge in [0.15, 0.2) is 17.5 Å². The molecule has 0 spiro atoms. The molecule has 0 aromatic heterocycles. The SMILES string of the molecule is O=C(NC1(CCl)CCC1)c1ccc(F)c(F)c1F. The number of carbonyl (C=O) groups is 1. The lowest BCUT2D eigenvalue weighted by Crippen LogP contribution is -2.55. The highest BCUT2D eigenvalue weighted by atomic mass is 35.5. The Morgan fingerprint density at radius 3 is 2.44 bits per heavy atom. The van der Waals surface area contributed by atoms with Gasteiger partial charge in [0.2, 0.25) is 0 Å². The molecule has 0 atom stereocenters. The number of alkyl halides is 1. The summed E-state index contributed by atoms with van der Waals surface area (Å²) in [5, 5.41) is 2.58. The standard InChI is InChI=1S/C12H11ClF3NO/c13-6-12(4-1-5-12)17-11(18)7-2-3-8(14)10(16)9(7)15/h2-3H,1,4-6H2,(H,17,18). The Hall–Kier alpha value is -1.23. The van der Waals surface area contributed by atoms with E-state index >= 15 is 0 Å². The second kappa shape index (κ2) is 4.80. The molecule has 98 valence electrons. The smallest absolute Gasteiger partial charge is 0.254 e. The van der Waals surface area contributed by atoms with Gasteiger partial charge in [-0.05, 0) is 31.4 Å². The monoisotopic (exact) mass is 277 g/mol. The zero-order chi connectivity index (χ0) is 13.3. The van der Waals surface area contributed by atoms with E-state index in [1.165, 1.54) is 0 Å². The van der Waals surface area contributed by atoms with Gasteiger partial charge in [-0.15, -0.1) is 11.6 Å². The van der Waals surface area contributed by atoms with Crippen LogP contribution in [0.25, 0.3) is 0 Å². The highest BCUT2D eigenvalue weighted by Gasteiger charge is 2.38. The second-order valence-electron chi connectivity index (χ2n) is 4.44. The summed E-state index contributed by atoms with van der Waals surface area (Å²) in [5.41, 5.74) is -1.05. The summed E-state index contributed by atoms with van der Waals surface area (Å²) in [6.07, 6.45) is 2.33. The molecule has 18 heavy (non-hydrogen) atoms. The highest BCUT2D eigenvalue weighted by Crippen LogP contribution is 2.33. The maximum atomic E-state index is 13.4. The van der Waals surface area contributed by atoms with Crippen LogP contribution in [-0.2, 0) is 0 Å². The predicted octanol–water partition coefficient (Wildman–Crippen LogP) is 3.00. The highest BCUT2D eigenvalue weighted by molar-refractivity contribution is 6.19. The molecule has 1 N–H and O–H groups in total. The van der Waals surface area contributed by atoms with E-state index in [0.717, 1.165) is 18.6 Å². The summed E-state index contributed by atoms with van der Waals surface area (Å²) in [5.74, 6) is -5.00. The van der Waals surface area contributed by atoms with Crippen LogP contribution in [0.3, 0.4) is 0 Å². The number of halogens is 4. The number of hydrogen-bond donors (Lipinski definition) is 1. The Morgan fingerprint density at radius 1 is 1.28 bits per heavy atom. The van der Waals surface area contributed by atoms with Gasteiger partial charge in [0, 0.05) is 5.88 Å². The van der Waals surface area contributed by atoms with E-state index < -0.39 is 34.5 Å². The zero-order valence-corrected chi connectivity index (χ0v) is 10.2. The Kier molecular flexibility index (Phi) is 3.52. The lowest BCUT2D eigenvalue weighted by atomic mass is 9.78. The van der Waals surface area contributed by atoms with Crippen molar-refractivity contribution in [3.63, 3.8) is 0 Å². The van der Waals surface area contributed by atoms with Crippen molar-refractivity contribution >= 4 is 17.5 Å². The van der Waals surface area contributed by atoms with Crippen molar-refractivity contribution in [1.29, 1.82) is 0 Å². The number of nitrogens with one attached hydrogen (secondary N) is 1. The van der Waals surface area contributed by atoms with Crippen LogP contribution >= 0.6 is 11.6 Å². The van der Waals surface area contributed by atoms with Crippen molar-refractivity contribution in [3.05, 3.63) is 35.1 Å². The Labute approximate surface area is 107 Å². The Morgan fingerprint density at radius 2 is 1.94 bits per heavy atom. The number of rotatable bonds is 3. The molecule has 0 aliphatic heterocycles. The van der Waals surface area contributed by atoms with Crippen molar-refractivity contribution in [2.24, 2.45) is 0 Å². The number of carbonyl (C=O) groups excluding carboxylic acids is 1. The summed E-state index contributed by atoms with van der Waals surface area (Å²) >= 11 is 5.75. The Balaban J connectivity index is 2.22. The summed E-state index contributed by atoms with van der Waals surface area (Å²) in [4.78, 5) is 11.8.